The molecule has 1 aliphatic carbocycles. The molecule has 1 heterocycles. The van der Waals surface area contributed by atoms with E-state index in [1.54, 1.807) is 6.20 Å². The van der Waals surface area contributed by atoms with Crippen molar-refractivity contribution in [2.24, 2.45) is 0 Å². The van der Waals surface area contributed by atoms with Crippen LogP contribution in [-0.2, 0) is 0 Å². The third-order valence-corrected chi connectivity index (χ3v) is 3.75. The standard InChI is InChI=1S/C16H19N3O/c20-14-9-5-4-8-13(14)18-15-10-11-17-16(19-15)12-6-2-1-3-7-12/h1-3,6-7,10-11,13-14,20H,4-5,8-9H2,(H,17,18,19)/t13-,14-/m0/s1. The molecule has 0 bridgehead atoms. The Morgan fingerprint density at radius 1 is 1.05 bits per heavy atom. The average Bonchev–Trinajstić information content (AvgIpc) is 2.51. The van der Waals surface area contributed by atoms with Gasteiger partial charge in [0.2, 0.25) is 0 Å². The molecule has 104 valence electrons. The SMILES string of the molecule is O[C@H]1CCCC[C@@H]1Nc1ccnc(-c2ccccc2)n1. The van der Waals surface area contributed by atoms with E-state index in [1.807, 2.05) is 36.4 Å². The van der Waals surface area contributed by atoms with Crippen molar-refractivity contribution in [3.05, 3.63) is 42.6 Å². The Kier molecular flexibility index (Phi) is 3.92. The number of anilines is 1. The van der Waals surface area contributed by atoms with Crippen LogP contribution >= 0.6 is 0 Å². The fraction of sp³-hybridized carbons (Fsp3) is 0.375. The van der Waals surface area contributed by atoms with Gasteiger partial charge in [-0.3, -0.25) is 0 Å². The van der Waals surface area contributed by atoms with Gasteiger partial charge in [-0.25, -0.2) is 9.97 Å². The van der Waals surface area contributed by atoms with Crippen molar-refractivity contribution in [2.75, 3.05) is 5.32 Å². The van der Waals surface area contributed by atoms with Crippen LogP contribution in [0.2, 0.25) is 0 Å². The van der Waals surface area contributed by atoms with Crippen molar-refractivity contribution in [3.63, 3.8) is 0 Å². The second kappa shape index (κ2) is 6.01. The van der Waals surface area contributed by atoms with Gasteiger partial charge in [-0.2, -0.15) is 0 Å². The van der Waals surface area contributed by atoms with E-state index in [2.05, 4.69) is 15.3 Å². The van der Waals surface area contributed by atoms with Crippen molar-refractivity contribution in [1.82, 2.24) is 9.97 Å². The van der Waals surface area contributed by atoms with Crippen LogP contribution in [0.5, 0.6) is 0 Å². The van der Waals surface area contributed by atoms with Gasteiger partial charge in [0.25, 0.3) is 0 Å². The Labute approximate surface area is 118 Å². The first-order valence-electron chi connectivity index (χ1n) is 7.16. The molecule has 2 aromatic rings. The van der Waals surface area contributed by atoms with Crippen LogP contribution in [0.3, 0.4) is 0 Å². The number of hydrogen-bond donors (Lipinski definition) is 2. The minimum atomic E-state index is -0.279. The average molecular weight is 269 g/mol. The predicted octanol–water partition coefficient (Wildman–Crippen LogP) is 2.86. The summed E-state index contributed by atoms with van der Waals surface area (Å²) >= 11 is 0. The van der Waals surface area contributed by atoms with E-state index in [4.69, 9.17) is 0 Å². The molecular weight excluding hydrogens is 250 g/mol. The van der Waals surface area contributed by atoms with E-state index in [0.717, 1.165) is 37.1 Å². The van der Waals surface area contributed by atoms with Gasteiger partial charge in [0, 0.05) is 11.8 Å². The summed E-state index contributed by atoms with van der Waals surface area (Å²) in [6, 6.07) is 11.9. The monoisotopic (exact) mass is 269 g/mol. The first kappa shape index (κ1) is 13.1. The third kappa shape index (κ3) is 2.96. The Morgan fingerprint density at radius 2 is 1.85 bits per heavy atom. The summed E-state index contributed by atoms with van der Waals surface area (Å²) in [4.78, 5) is 8.85. The molecule has 0 amide bonds. The zero-order valence-electron chi connectivity index (χ0n) is 11.4. The predicted molar refractivity (Wildman–Crippen MR) is 79.4 cm³/mol. The van der Waals surface area contributed by atoms with Crippen LogP contribution in [0.15, 0.2) is 42.6 Å². The van der Waals surface area contributed by atoms with E-state index >= 15 is 0 Å². The highest BCUT2D eigenvalue weighted by Crippen LogP contribution is 2.22. The molecule has 0 spiro atoms. The molecule has 0 radical (unpaired) electrons. The highest BCUT2D eigenvalue weighted by atomic mass is 16.3. The summed E-state index contributed by atoms with van der Waals surface area (Å²) in [7, 11) is 0. The van der Waals surface area contributed by atoms with Gasteiger partial charge in [-0.1, -0.05) is 43.2 Å². The summed E-state index contributed by atoms with van der Waals surface area (Å²) in [5.74, 6) is 1.49. The number of hydrogen-bond acceptors (Lipinski definition) is 4. The molecule has 20 heavy (non-hydrogen) atoms. The number of benzene rings is 1. The lowest BCUT2D eigenvalue weighted by Gasteiger charge is -2.28. The van der Waals surface area contributed by atoms with Gasteiger partial charge in [-0.15, -0.1) is 0 Å². The van der Waals surface area contributed by atoms with Crippen LogP contribution in [-0.4, -0.2) is 27.2 Å². The van der Waals surface area contributed by atoms with Crippen LogP contribution in [0, 0.1) is 0 Å². The third-order valence-electron chi connectivity index (χ3n) is 3.75. The first-order chi connectivity index (χ1) is 9.83. The molecule has 3 rings (SSSR count). The Morgan fingerprint density at radius 3 is 2.65 bits per heavy atom. The summed E-state index contributed by atoms with van der Waals surface area (Å²) in [6.07, 6.45) is 5.61. The van der Waals surface area contributed by atoms with Gasteiger partial charge < -0.3 is 10.4 Å². The zero-order chi connectivity index (χ0) is 13.8. The van der Waals surface area contributed by atoms with E-state index in [9.17, 15) is 5.11 Å². The molecule has 1 aromatic heterocycles. The minimum absolute atomic E-state index is 0.0993. The van der Waals surface area contributed by atoms with Crippen LogP contribution < -0.4 is 5.32 Å². The first-order valence-corrected chi connectivity index (χ1v) is 7.16. The molecular formula is C16H19N3O. The van der Waals surface area contributed by atoms with E-state index < -0.39 is 0 Å². The maximum atomic E-state index is 10.0. The second-order valence-corrected chi connectivity index (χ2v) is 5.23. The van der Waals surface area contributed by atoms with Crippen LogP contribution in [0.1, 0.15) is 25.7 Å². The fourth-order valence-electron chi connectivity index (χ4n) is 2.64. The molecule has 0 unspecified atom stereocenters. The fourth-order valence-corrected chi connectivity index (χ4v) is 2.64. The second-order valence-electron chi connectivity index (χ2n) is 5.23. The largest absolute Gasteiger partial charge is 0.391 e. The Balaban J connectivity index is 1.78. The molecule has 4 heteroatoms. The Hall–Kier alpha value is -1.94. The number of nitrogens with zero attached hydrogens (tertiary/aromatic N) is 2. The van der Waals surface area contributed by atoms with Crippen molar-refractivity contribution in [1.29, 1.82) is 0 Å². The lowest BCUT2D eigenvalue weighted by atomic mass is 9.93. The molecule has 2 atom stereocenters. The minimum Gasteiger partial charge on any atom is -0.391 e. The van der Waals surface area contributed by atoms with Gasteiger partial charge in [0.1, 0.15) is 5.82 Å². The molecule has 2 N–H and O–H groups in total. The highest BCUT2D eigenvalue weighted by Gasteiger charge is 2.23. The molecule has 4 nitrogen and oxygen atoms in total. The topological polar surface area (TPSA) is 58.0 Å². The van der Waals surface area contributed by atoms with Crippen molar-refractivity contribution in [3.8, 4) is 11.4 Å². The summed E-state index contributed by atoms with van der Waals surface area (Å²) in [5, 5.41) is 13.4. The molecule has 1 fully saturated rings. The maximum Gasteiger partial charge on any atom is 0.161 e. The van der Waals surface area contributed by atoms with Gasteiger partial charge in [-0.05, 0) is 18.9 Å². The Bertz CT molecular complexity index is 559. The summed E-state index contributed by atoms with van der Waals surface area (Å²) in [5.41, 5.74) is 1.00. The van der Waals surface area contributed by atoms with Crippen LogP contribution in [0.4, 0.5) is 5.82 Å². The summed E-state index contributed by atoms with van der Waals surface area (Å²) < 4.78 is 0. The molecule has 1 saturated carbocycles. The number of nitrogens with one attached hydrogen (secondary N) is 1. The maximum absolute atomic E-state index is 10.0. The van der Waals surface area contributed by atoms with Gasteiger partial charge in [0.15, 0.2) is 5.82 Å². The molecule has 1 aliphatic rings. The molecule has 0 saturated heterocycles. The number of rotatable bonds is 3. The van der Waals surface area contributed by atoms with Crippen molar-refractivity contribution >= 4 is 5.82 Å². The van der Waals surface area contributed by atoms with Crippen molar-refractivity contribution in [2.45, 2.75) is 37.8 Å². The van der Waals surface area contributed by atoms with Gasteiger partial charge >= 0.3 is 0 Å². The number of aromatic nitrogens is 2. The quantitative estimate of drug-likeness (QED) is 0.899. The van der Waals surface area contributed by atoms with Crippen LogP contribution in [0.25, 0.3) is 11.4 Å². The van der Waals surface area contributed by atoms with Gasteiger partial charge in [0.05, 0.1) is 12.1 Å². The van der Waals surface area contributed by atoms with Crippen molar-refractivity contribution < 1.29 is 5.11 Å². The molecule has 0 aliphatic heterocycles. The van der Waals surface area contributed by atoms with E-state index in [0.29, 0.717) is 5.82 Å². The van der Waals surface area contributed by atoms with E-state index in [-0.39, 0.29) is 12.1 Å². The lowest BCUT2D eigenvalue weighted by molar-refractivity contribution is 0.116. The van der Waals surface area contributed by atoms with E-state index in [1.165, 1.54) is 0 Å². The zero-order valence-corrected chi connectivity index (χ0v) is 11.4. The summed E-state index contributed by atoms with van der Waals surface area (Å²) in [6.45, 7) is 0. The molecule has 1 aromatic carbocycles. The lowest BCUT2D eigenvalue weighted by Crippen LogP contribution is -2.36. The number of aliphatic hydroxyl groups excluding tert-OH is 1. The number of aliphatic hydroxyl groups is 1. The smallest absolute Gasteiger partial charge is 0.161 e. The highest BCUT2D eigenvalue weighted by molar-refractivity contribution is 5.56. The normalized spacial score (nSPS) is 22.4.